The van der Waals surface area contributed by atoms with Crippen molar-refractivity contribution in [1.29, 1.82) is 0 Å². The van der Waals surface area contributed by atoms with Gasteiger partial charge in [-0.1, -0.05) is 6.92 Å². The lowest BCUT2D eigenvalue weighted by molar-refractivity contribution is -0.121. The number of fused-ring (bicyclic) bond motifs is 3. The minimum Gasteiger partial charge on any atom is -0.369 e. The van der Waals surface area contributed by atoms with E-state index in [1.807, 2.05) is 25.4 Å². The molecule has 3 aromatic heterocycles. The van der Waals surface area contributed by atoms with Crippen LogP contribution < -0.4 is 10.2 Å². The number of rotatable bonds is 3. The first-order valence-electron chi connectivity index (χ1n) is 8.51. The van der Waals surface area contributed by atoms with Gasteiger partial charge in [0.15, 0.2) is 5.65 Å². The lowest BCUT2D eigenvalue weighted by atomic mass is 10.0. The molecular weight excluding hydrogens is 302 g/mol. The van der Waals surface area contributed by atoms with Crippen LogP contribution in [0, 0.1) is 0 Å². The summed E-state index contributed by atoms with van der Waals surface area (Å²) >= 11 is 0. The molecule has 1 fully saturated rings. The summed E-state index contributed by atoms with van der Waals surface area (Å²) in [6, 6.07) is 4.33. The quantitative estimate of drug-likeness (QED) is 0.777. The van der Waals surface area contributed by atoms with Crippen molar-refractivity contribution in [2.45, 2.75) is 32.2 Å². The zero-order valence-electron chi connectivity index (χ0n) is 13.7. The molecule has 124 valence electrons. The Morgan fingerprint density at radius 3 is 3.21 bits per heavy atom. The van der Waals surface area contributed by atoms with E-state index in [2.05, 4.69) is 31.2 Å². The Labute approximate surface area is 140 Å². The predicted octanol–water partition coefficient (Wildman–Crippen LogP) is 2.61. The molecule has 1 aliphatic rings. The number of nitrogens with zero attached hydrogens (tertiary/aromatic N) is 3. The molecule has 4 heterocycles. The van der Waals surface area contributed by atoms with Gasteiger partial charge in [-0.15, -0.1) is 0 Å². The maximum absolute atomic E-state index is 11.7. The van der Waals surface area contributed by atoms with Crippen molar-refractivity contribution in [1.82, 2.24) is 20.3 Å². The highest BCUT2D eigenvalue weighted by atomic mass is 16.1. The Morgan fingerprint density at radius 2 is 2.33 bits per heavy atom. The Balaban J connectivity index is 1.73. The van der Waals surface area contributed by atoms with Gasteiger partial charge in [-0.2, -0.15) is 0 Å². The summed E-state index contributed by atoms with van der Waals surface area (Å²) in [5.41, 5.74) is 2.96. The summed E-state index contributed by atoms with van der Waals surface area (Å²) in [5, 5.41) is 5.36. The molecule has 2 N–H and O–H groups in total. The van der Waals surface area contributed by atoms with E-state index in [-0.39, 0.29) is 11.9 Å². The molecule has 0 aliphatic carbocycles. The Morgan fingerprint density at radius 1 is 1.42 bits per heavy atom. The molecule has 6 heteroatoms. The Kier molecular flexibility index (Phi) is 3.80. The van der Waals surface area contributed by atoms with Crippen molar-refractivity contribution < 1.29 is 4.79 Å². The Hall–Kier alpha value is -2.63. The first-order chi connectivity index (χ1) is 11.8. The maximum Gasteiger partial charge on any atom is 0.219 e. The molecule has 4 rings (SSSR count). The molecule has 0 bridgehead atoms. The van der Waals surface area contributed by atoms with Crippen LogP contribution in [0.15, 0.2) is 30.7 Å². The molecule has 1 unspecified atom stereocenters. The minimum absolute atomic E-state index is 0.125. The largest absolute Gasteiger partial charge is 0.369 e. The van der Waals surface area contributed by atoms with Gasteiger partial charge in [0.25, 0.3) is 0 Å². The number of carbonyl (C=O) groups excluding carboxylic acids is 1. The van der Waals surface area contributed by atoms with Crippen molar-refractivity contribution in [2.24, 2.45) is 0 Å². The van der Waals surface area contributed by atoms with Crippen LogP contribution in [0.1, 0.15) is 26.2 Å². The number of hydrogen-bond acceptors (Lipinski definition) is 4. The highest BCUT2D eigenvalue weighted by molar-refractivity contribution is 6.10. The number of hydrogen-bond donors (Lipinski definition) is 2. The number of aromatic amines is 1. The van der Waals surface area contributed by atoms with Gasteiger partial charge in [0, 0.05) is 54.4 Å². The summed E-state index contributed by atoms with van der Waals surface area (Å²) in [4.78, 5) is 26.1. The van der Waals surface area contributed by atoms with Crippen LogP contribution in [0.25, 0.3) is 21.9 Å². The van der Waals surface area contributed by atoms with Crippen LogP contribution in [0.5, 0.6) is 0 Å². The molecular formula is C18H21N5O. The maximum atomic E-state index is 11.7. The molecule has 0 spiro atoms. The van der Waals surface area contributed by atoms with Gasteiger partial charge in [0.2, 0.25) is 5.91 Å². The van der Waals surface area contributed by atoms with E-state index in [4.69, 9.17) is 0 Å². The van der Waals surface area contributed by atoms with Crippen LogP contribution in [0.4, 0.5) is 5.69 Å². The third-order valence-electron chi connectivity index (χ3n) is 4.72. The van der Waals surface area contributed by atoms with E-state index in [9.17, 15) is 4.79 Å². The van der Waals surface area contributed by atoms with Crippen molar-refractivity contribution in [2.75, 3.05) is 18.0 Å². The highest BCUT2D eigenvalue weighted by Crippen LogP contribution is 2.32. The molecule has 24 heavy (non-hydrogen) atoms. The average Bonchev–Trinajstić information content (AvgIpc) is 3.10. The van der Waals surface area contributed by atoms with Gasteiger partial charge >= 0.3 is 0 Å². The molecule has 6 nitrogen and oxygen atoms in total. The standard InChI is InChI=1S/C18H21N5O/c1-2-16(24)22-12-4-3-9-23(11-12)15-6-8-19-14-10-21-18-13(17(14)15)5-7-20-18/h5-8,10,12,19H,2-4,9,11H2,1H3,(H,22,24). The second-order valence-electron chi connectivity index (χ2n) is 6.30. The highest BCUT2D eigenvalue weighted by Gasteiger charge is 2.23. The third kappa shape index (κ3) is 2.58. The van der Waals surface area contributed by atoms with Crippen molar-refractivity contribution >= 4 is 33.5 Å². The number of H-pyrrole nitrogens is 1. The first-order valence-corrected chi connectivity index (χ1v) is 8.51. The summed E-state index contributed by atoms with van der Waals surface area (Å²) in [5.74, 6) is 0.125. The molecule has 0 saturated carbocycles. The number of amides is 1. The lowest BCUT2D eigenvalue weighted by Crippen LogP contribution is -2.47. The third-order valence-corrected chi connectivity index (χ3v) is 4.72. The summed E-state index contributed by atoms with van der Waals surface area (Å²) in [6.07, 6.45) is 8.24. The normalized spacial score (nSPS) is 18.2. The van der Waals surface area contributed by atoms with Gasteiger partial charge < -0.3 is 15.2 Å². The van der Waals surface area contributed by atoms with Crippen molar-refractivity contribution in [3.8, 4) is 0 Å². The molecule has 1 aliphatic heterocycles. The molecule has 0 aromatic carbocycles. The molecule has 3 aromatic rings. The molecule has 1 atom stereocenters. The van der Waals surface area contributed by atoms with E-state index in [0.29, 0.717) is 6.42 Å². The second kappa shape index (κ2) is 6.11. The smallest absolute Gasteiger partial charge is 0.219 e. The molecule has 1 saturated heterocycles. The second-order valence-corrected chi connectivity index (χ2v) is 6.30. The lowest BCUT2D eigenvalue weighted by Gasteiger charge is -2.35. The van der Waals surface area contributed by atoms with E-state index in [1.165, 1.54) is 5.69 Å². The molecule has 1 amide bonds. The number of nitrogens with one attached hydrogen (secondary N) is 2. The topological polar surface area (TPSA) is 73.9 Å². The summed E-state index contributed by atoms with van der Waals surface area (Å²) < 4.78 is 0. The number of aromatic nitrogens is 3. The number of pyridine rings is 2. The average molecular weight is 323 g/mol. The van der Waals surface area contributed by atoms with E-state index >= 15 is 0 Å². The van der Waals surface area contributed by atoms with Crippen LogP contribution >= 0.6 is 0 Å². The van der Waals surface area contributed by atoms with Crippen molar-refractivity contribution in [3.05, 3.63) is 30.7 Å². The van der Waals surface area contributed by atoms with Gasteiger partial charge in [0.05, 0.1) is 11.7 Å². The zero-order valence-corrected chi connectivity index (χ0v) is 13.7. The number of carbonyl (C=O) groups is 1. The fourth-order valence-electron chi connectivity index (χ4n) is 3.55. The fourth-order valence-corrected chi connectivity index (χ4v) is 3.55. The summed E-state index contributed by atoms with van der Waals surface area (Å²) in [7, 11) is 0. The van der Waals surface area contributed by atoms with Crippen LogP contribution in [-0.4, -0.2) is 40.0 Å². The SMILES string of the molecule is CCC(=O)NC1CCCN(c2cc[nH]c3cnc4nccc4c23)C1. The number of anilines is 1. The minimum atomic E-state index is 0.125. The first kappa shape index (κ1) is 14.9. The van der Waals surface area contributed by atoms with E-state index in [0.717, 1.165) is 47.9 Å². The van der Waals surface area contributed by atoms with Gasteiger partial charge in [0.1, 0.15) is 0 Å². The van der Waals surface area contributed by atoms with Crippen LogP contribution in [0.3, 0.4) is 0 Å². The predicted molar refractivity (Wildman–Crippen MR) is 95.1 cm³/mol. The molecule has 0 radical (unpaired) electrons. The van der Waals surface area contributed by atoms with Crippen LogP contribution in [-0.2, 0) is 4.79 Å². The zero-order chi connectivity index (χ0) is 16.5. The van der Waals surface area contributed by atoms with Gasteiger partial charge in [-0.25, -0.2) is 9.97 Å². The monoisotopic (exact) mass is 323 g/mol. The van der Waals surface area contributed by atoms with Gasteiger partial charge in [-0.05, 0) is 25.0 Å². The number of piperidine rings is 1. The van der Waals surface area contributed by atoms with Crippen molar-refractivity contribution in [3.63, 3.8) is 0 Å². The fraction of sp³-hybridized carbons (Fsp3) is 0.389. The summed E-state index contributed by atoms with van der Waals surface area (Å²) in [6.45, 7) is 3.72. The van der Waals surface area contributed by atoms with Crippen LogP contribution in [0.2, 0.25) is 0 Å². The van der Waals surface area contributed by atoms with Gasteiger partial charge in [-0.3, -0.25) is 4.79 Å². The van der Waals surface area contributed by atoms with E-state index in [1.54, 1.807) is 6.20 Å². The Bertz CT molecular complexity index is 887. The van der Waals surface area contributed by atoms with E-state index < -0.39 is 0 Å².